The molecule has 0 bridgehead atoms. The molecular weight excluding hydrogens is 585 g/mol. The third-order valence-corrected chi connectivity index (χ3v) is 7.77. The molecule has 212 valence electrons. The van der Waals surface area contributed by atoms with Gasteiger partial charge in [-0.25, -0.2) is 4.79 Å². The average Bonchev–Trinajstić information content (AvgIpc) is 3.36. The Kier molecular flexibility index (Phi) is 10.1. The lowest BCUT2D eigenvalue weighted by molar-refractivity contribution is -0.147. The molecule has 0 spiro atoms. The summed E-state index contributed by atoms with van der Waals surface area (Å²) in [5.74, 6) is -0.652. The van der Waals surface area contributed by atoms with Gasteiger partial charge >= 0.3 is 12.1 Å². The van der Waals surface area contributed by atoms with E-state index in [1.165, 1.54) is 28.6 Å². The molecule has 5 rings (SSSR count). The molecule has 40 heavy (non-hydrogen) atoms. The number of carboxylic acid groups (broad SMARTS) is 1. The average molecular weight is 618 g/mol. The first kappa shape index (κ1) is 29.8. The smallest absolute Gasteiger partial charge is 0.416 e. The van der Waals surface area contributed by atoms with Gasteiger partial charge in [0, 0.05) is 21.6 Å². The van der Waals surface area contributed by atoms with Crippen LogP contribution < -0.4 is 0 Å². The number of likely N-dealkylation sites (tertiary alicyclic amines) is 1. The number of carboxylic acids is 1. The molecule has 3 aromatic carbocycles. The van der Waals surface area contributed by atoms with Gasteiger partial charge < -0.3 is 20.1 Å². The second-order valence-electron chi connectivity index (χ2n) is 10.00. The maximum atomic E-state index is 12.6. The van der Waals surface area contributed by atoms with Gasteiger partial charge in [-0.05, 0) is 98.3 Å². The van der Waals surface area contributed by atoms with Crippen molar-refractivity contribution in [3.05, 3.63) is 106 Å². The Morgan fingerprint density at radius 3 is 2.33 bits per heavy atom. The SMILES string of the molecule is FC(F)(F)c1ccc(CCCN2CCC(c3c[nH]c4ccc(Br)cc34)CC2)cc1.O=C(O)C(O)c1ccccc1. The van der Waals surface area contributed by atoms with E-state index in [9.17, 15) is 18.0 Å². The number of alkyl halides is 3. The van der Waals surface area contributed by atoms with Crippen LogP contribution in [0.15, 0.2) is 83.5 Å². The van der Waals surface area contributed by atoms with Crippen molar-refractivity contribution >= 4 is 32.8 Å². The predicted molar refractivity (Wildman–Crippen MR) is 153 cm³/mol. The minimum absolute atomic E-state index is 0.403. The summed E-state index contributed by atoms with van der Waals surface area (Å²) in [4.78, 5) is 16.1. The first-order chi connectivity index (χ1) is 19.1. The van der Waals surface area contributed by atoms with Gasteiger partial charge in [-0.3, -0.25) is 0 Å². The number of aliphatic carboxylic acids is 1. The molecule has 0 saturated carbocycles. The minimum atomic E-state index is -4.26. The molecule has 0 aliphatic carbocycles. The van der Waals surface area contributed by atoms with Crippen molar-refractivity contribution in [2.75, 3.05) is 19.6 Å². The number of hydrogen-bond donors (Lipinski definition) is 3. The molecule has 4 aromatic rings. The first-order valence-electron chi connectivity index (χ1n) is 13.2. The molecule has 0 radical (unpaired) electrons. The Labute approximate surface area is 239 Å². The van der Waals surface area contributed by atoms with Crippen LogP contribution in [-0.4, -0.2) is 45.7 Å². The number of fused-ring (bicyclic) bond motifs is 1. The first-order valence-corrected chi connectivity index (χ1v) is 14.0. The Bertz CT molecular complexity index is 1380. The largest absolute Gasteiger partial charge is 0.479 e. The fourth-order valence-corrected chi connectivity index (χ4v) is 5.43. The molecule has 0 amide bonds. The monoisotopic (exact) mass is 616 g/mol. The van der Waals surface area contributed by atoms with Crippen molar-refractivity contribution in [2.45, 2.75) is 43.9 Å². The second kappa shape index (κ2) is 13.5. The number of aliphatic hydroxyl groups is 1. The van der Waals surface area contributed by atoms with Crippen LogP contribution in [0, 0.1) is 0 Å². The number of nitrogens with zero attached hydrogens (tertiary/aromatic N) is 1. The van der Waals surface area contributed by atoms with Crippen molar-refractivity contribution in [2.24, 2.45) is 0 Å². The number of halogens is 4. The van der Waals surface area contributed by atoms with Gasteiger partial charge in [-0.2, -0.15) is 13.2 Å². The molecule has 5 nitrogen and oxygen atoms in total. The molecule has 1 atom stereocenters. The molecule has 3 N–H and O–H groups in total. The van der Waals surface area contributed by atoms with Crippen LogP contribution in [-0.2, 0) is 17.4 Å². The normalized spacial score (nSPS) is 15.4. The summed E-state index contributed by atoms with van der Waals surface area (Å²) in [5.41, 5.74) is 3.39. The molecule has 1 unspecified atom stereocenters. The van der Waals surface area contributed by atoms with E-state index in [2.05, 4.69) is 50.2 Å². The summed E-state index contributed by atoms with van der Waals surface area (Å²) in [5, 5.41) is 18.7. The van der Waals surface area contributed by atoms with Crippen LogP contribution >= 0.6 is 15.9 Å². The van der Waals surface area contributed by atoms with Crippen LogP contribution in [0.4, 0.5) is 13.2 Å². The number of aromatic nitrogens is 1. The van der Waals surface area contributed by atoms with E-state index in [1.807, 2.05) is 0 Å². The number of benzene rings is 3. The Morgan fingerprint density at radius 1 is 1.02 bits per heavy atom. The summed E-state index contributed by atoms with van der Waals surface area (Å²) in [6.07, 6.45) is 0.548. The lowest BCUT2D eigenvalue weighted by Crippen LogP contribution is -2.33. The summed E-state index contributed by atoms with van der Waals surface area (Å²) in [7, 11) is 0. The Morgan fingerprint density at radius 2 is 1.70 bits per heavy atom. The van der Waals surface area contributed by atoms with Gasteiger partial charge in [0.05, 0.1) is 5.56 Å². The number of H-pyrrole nitrogens is 1. The highest BCUT2D eigenvalue weighted by molar-refractivity contribution is 9.10. The number of hydrogen-bond acceptors (Lipinski definition) is 3. The number of rotatable bonds is 7. The number of aromatic amines is 1. The number of carbonyl (C=O) groups is 1. The van der Waals surface area contributed by atoms with Crippen LogP contribution in [0.25, 0.3) is 10.9 Å². The van der Waals surface area contributed by atoms with Crippen molar-refractivity contribution in [3.8, 4) is 0 Å². The fraction of sp³-hybridized carbons (Fsp3) is 0.323. The fourth-order valence-electron chi connectivity index (χ4n) is 5.06. The molecule has 1 fully saturated rings. The summed E-state index contributed by atoms with van der Waals surface area (Å²) < 4.78 is 39.0. The van der Waals surface area contributed by atoms with Crippen molar-refractivity contribution < 1.29 is 28.2 Å². The Hall–Kier alpha value is -3.14. The van der Waals surface area contributed by atoms with Crippen LogP contribution in [0.1, 0.15) is 53.5 Å². The van der Waals surface area contributed by atoms with E-state index in [-0.39, 0.29) is 0 Å². The molecule has 1 aromatic heterocycles. The number of aryl methyl sites for hydroxylation is 1. The topological polar surface area (TPSA) is 76.6 Å². The molecule has 2 heterocycles. The van der Waals surface area contributed by atoms with Crippen LogP contribution in [0.5, 0.6) is 0 Å². The zero-order chi connectivity index (χ0) is 28.7. The second-order valence-corrected chi connectivity index (χ2v) is 10.9. The van der Waals surface area contributed by atoms with Gasteiger partial charge in [-0.1, -0.05) is 58.4 Å². The number of aliphatic hydroxyl groups excluding tert-OH is 1. The van der Waals surface area contributed by atoms with Gasteiger partial charge in [0.25, 0.3) is 0 Å². The molecule has 1 saturated heterocycles. The maximum Gasteiger partial charge on any atom is 0.416 e. The summed E-state index contributed by atoms with van der Waals surface area (Å²) in [6, 6.07) is 20.2. The van der Waals surface area contributed by atoms with E-state index in [0.29, 0.717) is 11.5 Å². The summed E-state index contributed by atoms with van der Waals surface area (Å²) in [6.45, 7) is 3.13. The van der Waals surface area contributed by atoms with Crippen molar-refractivity contribution in [1.29, 1.82) is 0 Å². The van der Waals surface area contributed by atoms with Gasteiger partial charge in [0.15, 0.2) is 6.10 Å². The van der Waals surface area contributed by atoms with Gasteiger partial charge in [0.2, 0.25) is 0 Å². The molecular formula is C31H32BrF3N2O3. The van der Waals surface area contributed by atoms with Gasteiger partial charge in [-0.15, -0.1) is 0 Å². The highest BCUT2D eigenvalue weighted by Gasteiger charge is 2.30. The van der Waals surface area contributed by atoms with Gasteiger partial charge in [0.1, 0.15) is 0 Å². The Balaban J connectivity index is 0.000000283. The summed E-state index contributed by atoms with van der Waals surface area (Å²) >= 11 is 3.57. The van der Waals surface area contributed by atoms with Crippen LogP contribution in [0.3, 0.4) is 0 Å². The zero-order valence-corrected chi connectivity index (χ0v) is 23.5. The standard InChI is InChI=1S/C23H24BrF3N2.C8H8O3/c24-19-7-8-22-20(14-19)21(15-28-22)17-9-12-29(13-10-17)11-1-2-16-3-5-18(6-4-16)23(25,26)27;9-7(8(10)11)6-4-2-1-3-5-6/h3-8,14-15,17,28H,1-2,9-13H2;1-5,7,9H,(H,10,11). The number of nitrogens with one attached hydrogen (secondary N) is 1. The lowest BCUT2D eigenvalue weighted by atomic mass is 9.89. The zero-order valence-electron chi connectivity index (χ0n) is 21.9. The maximum absolute atomic E-state index is 12.6. The van der Waals surface area contributed by atoms with E-state index in [4.69, 9.17) is 10.2 Å². The minimum Gasteiger partial charge on any atom is -0.479 e. The third-order valence-electron chi connectivity index (χ3n) is 7.27. The van der Waals surface area contributed by atoms with E-state index < -0.39 is 23.8 Å². The van der Waals surface area contributed by atoms with Crippen LogP contribution in [0.2, 0.25) is 0 Å². The van der Waals surface area contributed by atoms with E-state index >= 15 is 0 Å². The number of piperidine rings is 1. The van der Waals surface area contributed by atoms with Crippen molar-refractivity contribution in [1.82, 2.24) is 9.88 Å². The van der Waals surface area contributed by atoms with Crippen molar-refractivity contribution in [3.63, 3.8) is 0 Å². The predicted octanol–water partition coefficient (Wildman–Crippen LogP) is 7.57. The highest BCUT2D eigenvalue weighted by atomic mass is 79.9. The third kappa shape index (κ3) is 7.96. The highest BCUT2D eigenvalue weighted by Crippen LogP contribution is 2.34. The van der Waals surface area contributed by atoms with E-state index in [1.54, 1.807) is 42.5 Å². The quantitative estimate of drug-likeness (QED) is 0.200. The molecule has 1 aliphatic heterocycles. The lowest BCUT2D eigenvalue weighted by Gasteiger charge is -2.32. The van der Waals surface area contributed by atoms with E-state index in [0.717, 1.165) is 55.4 Å². The molecule has 9 heteroatoms. The molecule has 1 aliphatic rings.